The first-order valence-electron chi connectivity index (χ1n) is 7.05. The summed E-state index contributed by atoms with van der Waals surface area (Å²) in [5.41, 5.74) is 0.742. The fourth-order valence-electron chi connectivity index (χ4n) is 2.09. The van der Waals surface area contributed by atoms with Gasteiger partial charge in [0.05, 0.1) is 12.0 Å². The number of methoxy groups -OCH3 is 1. The lowest BCUT2D eigenvalue weighted by atomic mass is 10.1. The van der Waals surface area contributed by atoms with Gasteiger partial charge in [0, 0.05) is 23.8 Å². The van der Waals surface area contributed by atoms with Crippen LogP contribution < -0.4 is 9.47 Å². The van der Waals surface area contributed by atoms with E-state index in [1.807, 2.05) is 0 Å². The molecule has 1 N–H and O–H groups in total. The molecule has 0 saturated heterocycles. The largest absolute Gasteiger partial charge is 0.496 e. The number of hydrogen-bond acceptors (Lipinski definition) is 5. The smallest absolute Gasteiger partial charge is 0.328 e. The number of ether oxygens (including phenoxy) is 2. The number of aliphatic carboxylic acids is 1. The molecule has 7 nitrogen and oxygen atoms in total. The highest BCUT2D eigenvalue weighted by atomic mass is 19.1. The quantitative estimate of drug-likeness (QED) is 0.468. The first-order valence-corrected chi connectivity index (χ1v) is 7.05. The predicted molar refractivity (Wildman–Crippen MR) is 87.1 cm³/mol. The van der Waals surface area contributed by atoms with Crippen LogP contribution in [0.3, 0.4) is 0 Å². The number of nitro benzene ring substituents is 1. The standard InChI is InChI=1S/C17H14FNO6/c1-24-15-6-2-11(3-7-17(20)21)8-12(15)10-25-16-9-13(18)4-5-14(16)19(22)23/h2-9H,10H2,1H3,(H,20,21). The molecule has 130 valence electrons. The molecule has 2 rings (SSSR count). The van der Waals surface area contributed by atoms with Crippen LogP contribution in [0.4, 0.5) is 10.1 Å². The van der Waals surface area contributed by atoms with Gasteiger partial charge in [-0.1, -0.05) is 6.07 Å². The predicted octanol–water partition coefficient (Wildman–Crippen LogP) is 3.42. The lowest BCUT2D eigenvalue weighted by Crippen LogP contribution is -2.02. The molecule has 2 aromatic carbocycles. The Labute approximate surface area is 142 Å². The van der Waals surface area contributed by atoms with Crippen molar-refractivity contribution in [3.05, 3.63) is 69.5 Å². The molecule has 25 heavy (non-hydrogen) atoms. The Morgan fingerprint density at radius 3 is 2.68 bits per heavy atom. The van der Waals surface area contributed by atoms with Crippen LogP contribution in [0.25, 0.3) is 6.08 Å². The van der Waals surface area contributed by atoms with E-state index in [1.54, 1.807) is 18.2 Å². The van der Waals surface area contributed by atoms with Gasteiger partial charge in [0.1, 0.15) is 18.2 Å². The molecule has 0 fully saturated rings. The lowest BCUT2D eigenvalue weighted by Gasteiger charge is -2.11. The Morgan fingerprint density at radius 2 is 2.04 bits per heavy atom. The second-order valence-corrected chi connectivity index (χ2v) is 4.90. The number of hydrogen-bond donors (Lipinski definition) is 1. The molecule has 0 aliphatic rings. The monoisotopic (exact) mass is 347 g/mol. The van der Waals surface area contributed by atoms with Crippen molar-refractivity contribution < 1.29 is 28.7 Å². The highest BCUT2D eigenvalue weighted by Gasteiger charge is 2.16. The zero-order valence-electron chi connectivity index (χ0n) is 13.1. The highest BCUT2D eigenvalue weighted by molar-refractivity contribution is 5.85. The lowest BCUT2D eigenvalue weighted by molar-refractivity contribution is -0.386. The van der Waals surface area contributed by atoms with Gasteiger partial charge in [-0.2, -0.15) is 0 Å². The SMILES string of the molecule is COc1ccc(C=CC(=O)O)cc1COc1cc(F)ccc1[N+](=O)[O-]. The van der Waals surface area contributed by atoms with Crippen LogP contribution in [0.5, 0.6) is 11.5 Å². The molecule has 8 heteroatoms. The van der Waals surface area contributed by atoms with Crippen molar-refractivity contribution in [3.8, 4) is 11.5 Å². The topological polar surface area (TPSA) is 98.9 Å². The van der Waals surface area contributed by atoms with Gasteiger partial charge in [-0.15, -0.1) is 0 Å². The first kappa shape index (κ1) is 17.9. The first-order chi connectivity index (χ1) is 11.9. The zero-order valence-corrected chi connectivity index (χ0v) is 13.1. The minimum Gasteiger partial charge on any atom is -0.496 e. The fourth-order valence-corrected chi connectivity index (χ4v) is 2.09. The number of carbonyl (C=O) groups is 1. The molecule has 0 amide bonds. The summed E-state index contributed by atoms with van der Waals surface area (Å²) in [4.78, 5) is 20.9. The van der Waals surface area contributed by atoms with Gasteiger partial charge < -0.3 is 14.6 Å². The minimum atomic E-state index is -1.09. The number of nitro groups is 1. The van der Waals surface area contributed by atoms with Crippen LogP contribution in [0.1, 0.15) is 11.1 Å². The van der Waals surface area contributed by atoms with Gasteiger partial charge in [0.15, 0.2) is 5.75 Å². The number of nitrogens with zero attached hydrogens (tertiary/aromatic N) is 1. The van der Waals surface area contributed by atoms with E-state index < -0.39 is 16.7 Å². The Kier molecular flexibility index (Phi) is 5.67. The number of halogens is 1. The van der Waals surface area contributed by atoms with E-state index >= 15 is 0 Å². The Hall–Kier alpha value is -3.42. The molecular weight excluding hydrogens is 333 g/mol. The van der Waals surface area contributed by atoms with Gasteiger partial charge in [-0.3, -0.25) is 10.1 Å². The van der Waals surface area contributed by atoms with Crippen molar-refractivity contribution in [2.24, 2.45) is 0 Å². The summed E-state index contributed by atoms with van der Waals surface area (Å²) in [7, 11) is 1.44. The minimum absolute atomic E-state index is 0.123. The summed E-state index contributed by atoms with van der Waals surface area (Å²) >= 11 is 0. The van der Waals surface area contributed by atoms with Crippen LogP contribution in [-0.2, 0) is 11.4 Å². The summed E-state index contributed by atoms with van der Waals surface area (Å²) in [5.74, 6) is -1.51. The summed E-state index contributed by atoms with van der Waals surface area (Å²) in [6.07, 6.45) is 2.36. The van der Waals surface area contributed by atoms with Gasteiger partial charge in [0.2, 0.25) is 0 Å². The van der Waals surface area contributed by atoms with E-state index in [9.17, 15) is 19.3 Å². The molecule has 2 aromatic rings. The fraction of sp³-hybridized carbons (Fsp3) is 0.118. The van der Waals surface area contributed by atoms with Crippen molar-refractivity contribution >= 4 is 17.7 Å². The Balaban J connectivity index is 2.28. The second-order valence-electron chi connectivity index (χ2n) is 4.90. The molecule has 0 unspecified atom stereocenters. The summed E-state index contributed by atoms with van der Waals surface area (Å²) < 4.78 is 23.9. The maximum Gasteiger partial charge on any atom is 0.328 e. The molecular formula is C17H14FNO6. The molecule has 0 aromatic heterocycles. The van der Waals surface area contributed by atoms with Gasteiger partial charge in [-0.05, 0) is 29.8 Å². The molecule has 0 saturated carbocycles. The number of benzene rings is 2. The average Bonchev–Trinajstić information content (AvgIpc) is 2.57. The van der Waals surface area contributed by atoms with E-state index in [0.29, 0.717) is 16.9 Å². The third-order valence-corrected chi connectivity index (χ3v) is 3.22. The van der Waals surface area contributed by atoms with E-state index in [1.165, 1.54) is 13.2 Å². The maximum absolute atomic E-state index is 13.3. The molecule has 0 radical (unpaired) electrons. The number of carboxylic acids is 1. The summed E-state index contributed by atoms with van der Waals surface area (Å²) in [6, 6.07) is 7.80. The zero-order chi connectivity index (χ0) is 18.4. The third kappa shape index (κ3) is 4.77. The van der Waals surface area contributed by atoms with Crippen molar-refractivity contribution in [3.63, 3.8) is 0 Å². The number of carboxylic acid groups (broad SMARTS) is 1. The Bertz CT molecular complexity index is 834. The van der Waals surface area contributed by atoms with Crippen LogP contribution in [0.15, 0.2) is 42.5 Å². The van der Waals surface area contributed by atoms with Crippen molar-refractivity contribution in [1.29, 1.82) is 0 Å². The van der Waals surface area contributed by atoms with Crippen LogP contribution in [0, 0.1) is 15.9 Å². The molecule has 0 atom stereocenters. The molecule has 0 spiro atoms. The van der Waals surface area contributed by atoms with E-state index in [-0.39, 0.29) is 18.0 Å². The molecule has 0 bridgehead atoms. The third-order valence-electron chi connectivity index (χ3n) is 3.22. The maximum atomic E-state index is 13.3. The van der Waals surface area contributed by atoms with Crippen LogP contribution in [-0.4, -0.2) is 23.1 Å². The highest BCUT2D eigenvalue weighted by Crippen LogP contribution is 2.29. The van der Waals surface area contributed by atoms with Crippen molar-refractivity contribution in [2.75, 3.05) is 7.11 Å². The average molecular weight is 347 g/mol. The van der Waals surface area contributed by atoms with Crippen molar-refractivity contribution in [1.82, 2.24) is 0 Å². The Morgan fingerprint density at radius 1 is 1.28 bits per heavy atom. The summed E-state index contributed by atoms with van der Waals surface area (Å²) in [6.45, 7) is -0.123. The molecule has 0 heterocycles. The molecule has 0 aliphatic carbocycles. The number of rotatable bonds is 7. The van der Waals surface area contributed by atoms with E-state index in [0.717, 1.165) is 24.3 Å². The normalized spacial score (nSPS) is 10.6. The van der Waals surface area contributed by atoms with Gasteiger partial charge in [-0.25, -0.2) is 9.18 Å². The second kappa shape index (κ2) is 7.91. The van der Waals surface area contributed by atoms with E-state index in [2.05, 4.69) is 0 Å². The van der Waals surface area contributed by atoms with Gasteiger partial charge in [0.25, 0.3) is 0 Å². The molecule has 0 aliphatic heterocycles. The summed E-state index contributed by atoms with van der Waals surface area (Å²) in [5, 5.41) is 19.7. The van der Waals surface area contributed by atoms with E-state index in [4.69, 9.17) is 14.6 Å². The van der Waals surface area contributed by atoms with Crippen LogP contribution >= 0.6 is 0 Å². The van der Waals surface area contributed by atoms with Gasteiger partial charge >= 0.3 is 11.7 Å². The van der Waals surface area contributed by atoms with Crippen LogP contribution in [0.2, 0.25) is 0 Å². The van der Waals surface area contributed by atoms with Crippen molar-refractivity contribution in [2.45, 2.75) is 6.61 Å².